The lowest BCUT2D eigenvalue weighted by atomic mass is 9.95. The van der Waals surface area contributed by atoms with Crippen molar-refractivity contribution in [3.63, 3.8) is 0 Å². The second kappa shape index (κ2) is 9.63. The molecule has 0 atom stereocenters. The molecule has 1 aliphatic rings. The van der Waals surface area contributed by atoms with Gasteiger partial charge in [-0.25, -0.2) is 4.98 Å². The summed E-state index contributed by atoms with van der Waals surface area (Å²) in [5.41, 5.74) is 4.25. The Kier molecular flexibility index (Phi) is 6.25. The molecule has 0 radical (unpaired) electrons. The monoisotopic (exact) mass is 458 g/mol. The van der Waals surface area contributed by atoms with E-state index >= 15 is 0 Å². The normalized spacial score (nSPS) is 14.5. The molecule has 0 unspecified atom stereocenters. The van der Waals surface area contributed by atoms with Crippen molar-refractivity contribution in [2.24, 2.45) is 5.92 Å². The average Bonchev–Trinajstić information content (AvgIpc) is 3.39. The maximum atomic E-state index is 12.8. The molecule has 1 saturated heterocycles. The Balaban J connectivity index is 1.19. The quantitative estimate of drug-likeness (QED) is 0.452. The van der Waals surface area contributed by atoms with Crippen molar-refractivity contribution >= 4 is 28.3 Å². The molecule has 1 fully saturated rings. The molecule has 4 aromatic rings. The third-order valence-corrected chi connectivity index (χ3v) is 6.70. The van der Waals surface area contributed by atoms with Crippen LogP contribution in [-0.2, 0) is 11.2 Å². The number of methoxy groups -OCH3 is 2. The first-order valence-corrected chi connectivity index (χ1v) is 11.8. The van der Waals surface area contributed by atoms with E-state index in [2.05, 4.69) is 45.1 Å². The van der Waals surface area contributed by atoms with Crippen LogP contribution in [0, 0.1) is 5.92 Å². The highest BCUT2D eigenvalue weighted by Crippen LogP contribution is 2.29. The Bertz CT molecular complexity index is 1310. The van der Waals surface area contributed by atoms with Gasteiger partial charge in [0.05, 0.1) is 30.8 Å². The van der Waals surface area contributed by atoms with Crippen LogP contribution in [0.5, 0.6) is 11.5 Å². The van der Waals surface area contributed by atoms with E-state index in [0.29, 0.717) is 13.0 Å². The van der Waals surface area contributed by atoms with Crippen molar-refractivity contribution in [1.29, 1.82) is 0 Å². The number of para-hydroxylation sites is 2. The predicted molar refractivity (Wildman–Crippen MR) is 134 cm³/mol. The van der Waals surface area contributed by atoms with E-state index < -0.39 is 0 Å². The van der Waals surface area contributed by atoms with E-state index in [1.165, 1.54) is 0 Å². The van der Waals surface area contributed by atoms with Gasteiger partial charge >= 0.3 is 0 Å². The van der Waals surface area contributed by atoms with E-state index in [1.807, 2.05) is 30.3 Å². The van der Waals surface area contributed by atoms with Gasteiger partial charge < -0.3 is 24.1 Å². The average molecular weight is 459 g/mol. The third kappa shape index (κ3) is 4.25. The lowest BCUT2D eigenvalue weighted by Gasteiger charge is -2.32. The van der Waals surface area contributed by atoms with E-state index in [9.17, 15) is 4.79 Å². The minimum absolute atomic E-state index is 0.0253. The first-order chi connectivity index (χ1) is 16.7. The fourth-order valence-corrected chi connectivity index (χ4v) is 4.82. The van der Waals surface area contributed by atoms with Crippen LogP contribution >= 0.6 is 0 Å². The number of carbonyl (C=O) groups is 1. The number of hydrogen-bond donors (Lipinski definition) is 1. The topological polar surface area (TPSA) is 68.1 Å². The Morgan fingerprint density at radius 1 is 1.03 bits per heavy atom. The van der Waals surface area contributed by atoms with Gasteiger partial charge in [-0.2, -0.15) is 0 Å². The van der Waals surface area contributed by atoms with Crippen molar-refractivity contribution in [3.05, 3.63) is 66.4 Å². The van der Waals surface area contributed by atoms with Crippen molar-refractivity contribution in [2.45, 2.75) is 19.3 Å². The minimum atomic E-state index is 0.0253. The van der Waals surface area contributed by atoms with Crippen molar-refractivity contribution in [2.75, 3.05) is 38.8 Å². The van der Waals surface area contributed by atoms with Crippen LogP contribution < -0.4 is 19.7 Å². The van der Waals surface area contributed by atoms with Crippen molar-refractivity contribution < 1.29 is 14.3 Å². The number of piperidine rings is 1. The van der Waals surface area contributed by atoms with E-state index in [0.717, 1.165) is 65.4 Å². The summed E-state index contributed by atoms with van der Waals surface area (Å²) in [6.45, 7) is 2.21. The number of nitrogens with one attached hydrogen (secondary N) is 1. The molecule has 0 saturated carbocycles. The molecular formula is C27H30N4O3. The summed E-state index contributed by atoms with van der Waals surface area (Å²) in [6.07, 6.45) is 4.43. The lowest BCUT2D eigenvalue weighted by molar-refractivity contribution is -0.125. The molecule has 3 heterocycles. The molecule has 2 aromatic heterocycles. The van der Waals surface area contributed by atoms with Gasteiger partial charge in [-0.15, -0.1) is 0 Å². The number of anilines is 1. The van der Waals surface area contributed by atoms with Crippen LogP contribution in [0.25, 0.3) is 16.6 Å². The van der Waals surface area contributed by atoms with Crippen LogP contribution in [0.1, 0.15) is 18.4 Å². The minimum Gasteiger partial charge on any atom is -0.497 e. The number of benzene rings is 2. The summed E-state index contributed by atoms with van der Waals surface area (Å²) in [5.74, 6) is 2.69. The number of nitrogens with zero attached hydrogens (tertiary/aromatic N) is 3. The zero-order valence-electron chi connectivity index (χ0n) is 19.7. The van der Waals surface area contributed by atoms with Crippen LogP contribution in [0.4, 0.5) is 5.82 Å². The number of aromatic nitrogens is 2. The molecule has 1 aliphatic heterocycles. The molecule has 34 heavy (non-hydrogen) atoms. The molecule has 5 rings (SSSR count). The summed E-state index contributed by atoms with van der Waals surface area (Å²) < 4.78 is 12.9. The van der Waals surface area contributed by atoms with Crippen LogP contribution in [-0.4, -0.2) is 49.1 Å². The second-order valence-electron chi connectivity index (χ2n) is 8.67. The zero-order valence-corrected chi connectivity index (χ0v) is 19.7. The maximum Gasteiger partial charge on any atom is 0.223 e. The van der Waals surface area contributed by atoms with E-state index in [-0.39, 0.29) is 11.8 Å². The molecule has 0 bridgehead atoms. The summed E-state index contributed by atoms with van der Waals surface area (Å²) in [5, 5.41) is 3.12. The largest absolute Gasteiger partial charge is 0.497 e. The van der Waals surface area contributed by atoms with Gasteiger partial charge in [-0.1, -0.05) is 18.2 Å². The van der Waals surface area contributed by atoms with Crippen molar-refractivity contribution in [3.8, 4) is 11.5 Å². The Hall–Kier alpha value is -3.74. The molecule has 1 N–H and O–H groups in total. The SMILES string of the molecule is COc1ccc(CCNC(=O)C2CCN(c3nc4ccccc4n4cccc34)CC2)c(OC)c1. The molecule has 1 amide bonds. The first kappa shape index (κ1) is 22.1. The second-order valence-corrected chi connectivity index (χ2v) is 8.67. The Morgan fingerprint density at radius 3 is 2.62 bits per heavy atom. The van der Waals surface area contributed by atoms with Gasteiger partial charge in [0.15, 0.2) is 5.82 Å². The standard InChI is InChI=1S/C27H30N4O3/c1-33-21-10-9-19(25(18-21)34-2)11-14-28-27(32)20-12-16-30(17-13-20)26-24-8-5-15-31(24)23-7-4-3-6-22(23)29-26/h3-10,15,18,20H,11-14,16-17H2,1-2H3,(H,28,32). The first-order valence-electron chi connectivity index (χ1n) is 11.8. The number of fused-ring (bicyclic) bond motifs is 3. The van der Waals surface area contributed by atoms with Gasteiger partial charge in [0.2, 0.25) is 5.91 Å². The lowest BCUT2D eigenvalue weighted by Crippen LogP contribution is -2.41. The van der Waals surface area contributed by atoms with E-state index in [4.69, 9.17) is 14.5 Å². The summed E-state index contributed by atoms with van der Waals surface area (Å²) in [4.78, 5) is 20.1. The smallest absolute Gasteiger partial charge is 0.223 e. The Morgan fingerprint density at radius 2 is 1.82 bits per heavy atom. The number of carbonyl (C=O) groups excluding carboxylic acids is 1. The Labute approximate surface area is 199 Å². The van der Waals surface area contributed by atoms with E-state index in [1.54, 1.807) is 14.2 Å². The highest BCUT2D eigenvalue weighted by Gasteiger charge is 2.26. The van der Waals surface area contributed by atoms with Crippen LogP contribution in [0.3, 0.4) is 0 Å². The summed E-state index contributed by atoms with van der Waals surface area (Å²) >= 11 is 0. The summed E-state index contributed by atoms with van der Waals surface area (Å²) in [7, 11) is 3.29. The van der Waals surface area contributed by atoms with Crippen molar-refractivity contribution in [1.82, 2.24) is 14.7 Å². The van der Waals surface area contributed by atoms with Gasteiger partial charge in [-0.05, 0) is 55.2 Å². The fourth-order valence-electron chi connectivity index (χ4n) is 4.82. The molecular weight excluding hydrogens is 428 g/mol. The predicted octanol–water partition coefficient (Wildman–Crippen LogP) is 4.08. The number of hydrogen-bond acceptors (Lipinski definition) is 5. The van der Waals surface area contributed by atoms with Crippen LogP contribution in [0.2, 0.25) is 0 Å². The molecule has 7 heteroatoms. The molecule has 2 aromatic carbocycles. The highest BCUT2D eigenvalue weighted by atomic mass is 16.5. The zero-order chi connectivity index (χ0) is 23.5. The molecule has 7 nitrogen and oxygen atoms in total. The van der Waals surface area contributed by atoms with Gasteiger partial charge in [0.1, 0.15) is 11.5 Å². The maximum absolute atomic E-state index is 12.8. The molecule has 176 valence electrons. The van der Waals surface area contributed by atoms with Gasteiger partial charge in [0, 0.05) is 37.8 Å². The summed E-state index contributed by atoms with van der Waals surface area (Å²) in [6, 6.07) is 18.2. The third-order valence-electron chi connectivity index (χ3n) is 6.70. The number of amides is 1. The van der Waals surface area contributed by atoms with Crippen LogP contribution in [0.15, 0.2) is 60.8 Å². The number of ether oxygens (including phenoxy) is 2. The number of rotatable bonds is 7. The van der Waals surface area contributed by atoms with Gasteiger partial charge in [-0.3, -0.25) is 4.79 Å². The molecule has 0 spiro atoms. The van der Waals surface area contributed by atoms with Gasteiger partial charge in [0.25, 0.3) is 0 Å². The molecule has 0 aliphatic carbocycles. The highest BCUT2D eigenvalue weighted by molar-refractivity contribution is 5.85. The fraction of sp³-hybridized carbons (Fsp3) is 0.333.